The van der Waals surface area contributed by atoms with Crippen molar-refractivity contribution in [3.05, 3.63) is 35.3 Å². The standard InChI is InChI=1S/C19H22N2O5S2/c1-2-25-14-4-3-5-15(10-14)26-11-13-6-7-17(22)21(13)8-9-27-19-20-16(12-28-19)18(23)24/h3-5,10,12-13H,2,6-9,11H2,1H3,(H,23,24)/t13-/m1/s1. The highest BCUT2D eigenvalue weighted by molar-refractivity contribution is 8.01. The van der Waals surface area contributed by atoms with Crippen LogP contribution >= 0.6 is 23.1 Å². The van der Waals surface area contributed by atoms with Gasteiger partial charge in [-0.1, -0.05) is 17.8 Å². The van der Waals surface area contributed by atoms with Gasteiger partial charge in [0.2, 0.25) is 5.91 Å². The van der Waals surface area contributed by atoms with Crippen molar-refractivity contribution in [1.29, 1.82) is 0 Å². The van der Waals surface area contributed by atoms with E-state index in [-0.39, 0.29) is 17.6 Å². The summed E-state index contributed by atoms with van der Waals surface area (Å²) < 4.78 is 12.1. The second-order valence-electron chi connectivity index (χ2n) is 6.15. The smallest absolute Gasteiger partial charge is 0.355 e. The monoisotopic (exact) mass is 422 g/mol. The minimum Gasteiger partial charge on any atom is -0.494 e. The highest BCUT2D eigenvalue weighted by Crippen LogP contribution is 2.26. The normalized spacial score (nSPS) is 16.4. The Kier molecular flexibility index (Phi) is 7.16. The van der Waals surface area contributed by atoms with Gasteiger partial charge in [0.25, 0.3) is 0 Å². The zero-order chi connectivity index (χ0) is 19.9. The van der Waals surface area contributed by atoms with Crippen LogP contribution in [0.4, 0.5) is 0 Å². The molecule has 2 aromatic rings. The van der Waals surface area contributed by atoms with Crippen LogP contribution in [0, 0.1) is 0 Å². The summed E-state index contributed by atoms with van der Waals surface area (Å²) in [6.45, 7) is 3.55. The quantitative estimate of drug-likeness (QED) is 0.587. The first-order chi connectivity index (χ1) is 13.6. The topological polar surface area (TPSA) is 89.0 Å². The molecule has 1 aliphatic heterocycles. The van der Waals surface area contributed by atoms with E-state index in [0.717, 1.165) is 17.9 Å². The molecule has 1 aromatic carbocycles. The van der Waals surface area contributed by atoms with Gasteiger partial charge in [-0.25, -0.2) is 9.78 Å². The lowest BCUT2D eigenvalue weighted by Gasteiger charge is -2.24. The lowest BCUT2D eigenvalue weighted by atomic mass is 10.2. The third kappa shape index (κ3) is 5.39. The van der Waals surface area contributed by atoms with E-state index in [2.05, 4.69) is 4.98 Å². The Bertz CT molecular complexity index is 826. The zero-order valence-electron chi connectivity index (χ0n) is 15.5. The van der Waals surface area contributed by atoms with Gasteiger partial charge in [0.05, 0.1) is 12.6 Å². The molecule has 1 aromatic heterocycles. The molecule has 9 heteroatoms. The maximum Gasteiger partial charge on any atom is 0.355 e. The molecule has 0 radical (unpaired) electrons. The maximum atomic E-state index is 12.2. The number of carbonyl (C=O) groups is 2. The molecule has 150 valence electrons. The zero-order valence-corrected chi connectivity index (χ0v) is 17.1. The van der Waals surface area contributed by atoms with Crippen molar-refractivity contribution in [1.82, 2.24) is 9.88 Å². The summed E-state index contributed by atoms with van der Waals surface area (Å²) in [6, 6.07) is 7.53. The first-order valence-electron chi connectivity index (χ1n) is 9.03. The van der Waals surface area contributed by atoms with Gasteiger partial charge in [-0.15, -0.1) is 11.3 Å². The number of amides is 1. The maximum absolute atomic E-state index is 12.2. The van der Waals surface area contributed by atoms with E-state index >= 15 is 0 Å². The van der Waals surface area contributed by atoms with E-state index in [1.165, 1.54) is 28.5 Å². The number of aromatic nitrogens is 1. The number of hydrogen-bond acceptors (Lipinski definition) is 7. The van der Waals surface area contributed by atoms with Crippen LogP contribution in [0.5, 0.6) is 11.5 Å². The molecule has 1 amide bonds. The second kappa shape index (κ2) is 9.79. The number of carboxylic acids is 1. The second-order valence-corrected chi connectivity index (χ2v) is 8.35. The van der Waals surface area contributed by atoms with Gasteiger partial charge < -0.3 is 19.5 Å². The number of carboxylic acid groups (broad SMARTS) is 1. The molecule has 0 spiro atoms. The number of nitrogens with zero attached hydrogens (tertiary/aromatic N) is 2. The fraction of sp³-hybridized carbons (Fsp3) is 0.421. The molecule has 0 unspecified atom stereocenters. The fourth-order valence-corrected chi connectivity index (χ4v) is 4.75. The molecule has 28 heavy (non-hydrogen) atoms. The molecule has 1 fully saturated rings. The van der Waals surface area contributed by atoms with Crippen LogP contribution in [0.15, 0.2) is 34.0 Å². The summed E-state index contributed by atoms with van der Waals surface area (Å²) in [7, 11) is 0. The highest BCUT2D eigenvalue weighted by atomic mass is 32.2. The van der Waals surface area contributed by atoms with Gasteiger partial charge in [0, 0.05) is 30.2 Å². The van der Waals surface area contributed by atoms with Crippen molar-refractivity contribution >= 4 is 35.0 Å². The van der Waals surface area contributed by atoms with E-state index in [0.29, 0.717) is 36.3 Å². The Hall–Kier alpha value is -2.26. The highest BCUT2D eigenvalue weighted by Gasteiger charge is 2.31. The number of aromatic carboxylic acids is 1. The molecule has 0 saturated carbocycles. The van der Waals surface area contributed by atoms with E-state index in [1.807, 2.05) is 36.1 Å². The number of carbonyl (C=O) groups excluding carboxylic acids is 1. The number of thiazole rings is 1. The van der Waals surface area contributed by atoms with Crippen molar-refractivity contribution in [3.8, 4) is 11.5 Å². The van der Waals surface area contributed by atoms with Gasteiger partial charge in [-0.05, 0) is 25.5 Å². The molecule has 1 aliphatic rings. The third-order valence-electron chi connectivity index (χ3n) is 4.27. The van der Waals surface area contributed by atoms with Crippen molar-refractivity contribution in [3.63, 3.8) is 0 Å². The number of benzene rings is 1. The van der Waals surface area contributed by atoms with Crippen LogP contribution in [0.3, 0.4) is 0 Å². The predicted octanol–water partition coefficient (Wildman–Crippen LogP) is 3.40. The first-order valence-corrected chi connectivity index (χ1v) is 10.9. The summed E-state index contributed by atoms with van der Waals surface area (Å²) >= 11 is 2.77. The number of rotatable bonds is 10. The molecule has 3 rings (SSSR count). The number of likely N-dealkylation sites (tertiary alicyclic amines) is 1. The van der Waals surface area contributed by atoms with E-state index in [1.54, 1.807) is 0 Å². The Morgan fingerprint density at radius 1 is 1.39 bits per heavy atom. The number of ether oxygens (including phenoxy) is 2. The van der Waals surface area contributed by atoms with E-state index in [9.17, 15) is 9.59 Å². The molecule has 1 atom stereocenters. The van der Waals surface area contributed by atoms with Crippen molar-refractivity contribution in [2.24, 2.45) is 0 Å². The van der Waals surface area contributed by atoms with E-state index in [4.69, 9.17) is 14.6 Å². The summed E-state index contributed by atoms with van der Waals surface area (Å²) in [5, 5.41) is 10.5. The SMILES string of the molecule is CCOc1cccc(OC[C@H]2CCC(=O)N2CCSc2nc(C(=O)O)cs2)c1. The van der Waals surface area contributed by atoms with Crippen molar-refractivity contribution < 1.29 is 24.2 Å². The largest absolute Gasteiger partial charge is 0.494 e. The van der Waals surface area contributed by atoms with Crippen LogP contribution in [-0.2, 0) is 4.79 Å². The Labute approximate surface area is 171 Å². The Balaban J connectivity index is 1.50. The average molecular weight is 423 g/mol. The fourth-order valence-electron chi connectivity index (χ4n) is 2.94. The predicted molar refractivity (Wildman–Crippen MR) is 108 cm³/mol. The molecule has 0 bridgehead atoms. The minimum atomic E-state index is -1.02. The van der Waals surface area contributed by atoms with Crippen LogP contribution in [0.1, 0.15) is 30.3 Å². The molecule has 7 nitrogen and oxygen atoms in total. The van der Waals surface area contributed by atoms with Crippen LogP contribution < -0.4 is 9.47 Å². The minimum absolute atomic E-state index is 0.0368. The summed E-state index contributed by atoms with van der Waals surface area (Å²) in [4.78, 5) is 29.0. The lowest BCUT2D eigenvalue weighted by Crippen LogP contribution is -2.38. The van der Waals surface area contributed by atoms with Gasteiger partial charge in [-0.3, -0.25) is 4.79 Å². The first kappa shape index (κ1) is 20.5. The average Bonchev–Trinajstić information content (AvgIpc) is 3.29. The lowest BCUT2D eigenvalue weighted by molar-refractivity contribution is -0.129. The number of thioether (sulfide) groups is 1. The Morgan fingerprint density at radius 2 is 2.18 bits per heavy atom. The van der Waals surface area contributed by atoms with Crippen molar-refractivity contribution in [2.75, 3.05) is 25.5 Å². The summed E-state index contributed by atoms with van der Waals surface area (Å²) in [6.07, 6.45) is 1.30. The molecule has 2 heterocycles. The molecular formula is C19H22N2O5S2. The van der Waals surface area contributed by atoms with Gasteiger partial charge >= 0.3 is 5.97 Å². The Morgan fingerprint density at radius 3 is 2.89 bits per heavy atom. The summed E-state index contributed by atoms with van der Waals surface area (Å²) in [5.74, 6) is 1.25. The van der Waals surface area contributed by atoms with E-state index < -0.39 is 5.97 Å². The molecule has 1 saturated heterocycles. The summed E-state index contributed by atoms with van der Waals surface area (Å²) in [5.41, 5.74) is 0.0605. The van der Waals surface area contributed by atoms with Gasteiger partial charge in [0.1, 0.15) is 18.1 Å². The van der Waals surface area contributed by atoms with Crippen LogP contribution in [-0.4, -0.2) is 58.4 Å². The van der Waals surface area contributed by atoms with Gasteiger partial charge in [0.15, 0.2) is 10.0 Å². The van der Waals surface area contributed by atoms with Crippen LogP contribution in [0.2, 0.25) is 0 Å². The number of hydrogen-bond donors (Lipinski definition) is 1. The van der Waals surface area contributed by atoms with Crippen molar-refractivity contribution in [2.45, 2.75) is 30.1 Å². The van der Waals surface area contributed by atoms with Gasteiger partial charge in [-0.2, -0.15) is 0 Å². The molecular weight excluding hydrogens is 400 g/mol. The molecule has 1 N–H and O–H groups in total. The van der Waals surface area contributed by atoms with Crippen LogP contribution in [0.25, 0.3) is 0 Å². The third-order valence-corrected chi connectivity index (χ3v) is 6.27. The molecule has 0 aliphatic carbocycles.